The molecule has 1 fully saturated rings. The van der Waals surface area contributed by atoms with Gasteiger partial charge in [-0.2, -0.15) is 0 Å². The Balaban J connectivity index is 1.49. The van der Waals surface area contributed by atoms with Crippen molar-refractivity contribution in [3.05, 3.63) is 35.4 Å². The van der Waals surface area contributed by atoms with Crippen LogP contribution >= 0.6 is 0 Å². The third-order valence-electron chi connectivity index (χ3n) is 3.37. The highest BCUT2D eigenvalue weighted by Gasteiger charge is 2.19. The van der Waals surface area contributed by atoms with E-state index in [-0.39, 0.29) is 0 Å². The largest absolute Gasteiger partial charge is 0.315 e. The molecule has 2 rings (SSSR count). The van der Waals surface area contributed by atoms with Crippen LogP contribution in [0, 0.1) is 6.92 Å². The Hall–Kier alpha value is -0.860. The molecule has 0 unspecified atom stereocenters. The predicted molar refractivity (Wildman–Crippen MR) is 73.4 cm³/mol. The summed E-state index contributed by atoms with van der Waals surface area (Å²) in [5.74, 6) is 0. The van der Waals surface area contributed by atoms with Gasteiger partial charge in [0.15, 0.2) is 0 Å². The van der Waals surface area contributed by atoms with Crippen LogP contribution in [0.4, 0.5) is 0 Å². The van der Waals surface area contributed by atoms with Gasteiger partial charge in [-0.25, -0.2) is 0 Å². The molecule has 0 atom stereocenters. The van der Waals surface area contributed by atoms with Crippen LogP contribution in [0.2, 0.25) is 0 Å². The second-order valence-electron chi connectivity index (χ2n) is 5.01. The molecule has 0 bridgehead atoms. The van der Waals surface area contributed by atoms with Gasteiger partial charge in [-0.3, -0.25) is 0 Å². The summed E-state index contributed by atoms with van der Waals surface area (Å²) in [5.41, 5.74) is 2.91. The first-order valence-electron chi connectivity index (χ1n) is 6.85. The quantitative estimate of drug-likeness (QED) is 0.672. The van der Waals surface area contributed by atoms with Gasteiger partial charge in [0.1, 0.15) is 0 Å². The van der Waals surface area contributed by atoms with E-state index < -0.39 is 0 Å². The lowest BCUT2D eigenvalue weighted by atomic mass is 10.0. The molecule has 2 N–H and O–H groups in total. The second-order valence-corrected chi connectivity index (χ2v) is 5.01. The molecule has 0 spiro atoms. The summed E-state index contributed by atoms with van der Waals surface area (Å²) in [6.07, 6.45) is 5.19. The third kappa shape index (κ3) is 4.88. The molecule has 1 aliphatic carbocycles. The molecule has 0 saturated heterocycles. The van der Waals surface area contributed by atoms with Crippen LogP contribution in [0.15, 0.2) is 24.3 Å². The van der Waals surface area contributed by atoms with Gasteiger partial charge in [0.25, 0.3) is 0 Å². The zero-order valence-electron chi connectivity index (χ0n) is 10.8. The van der Waals surface area contributed by atoms with Crippen LogP contribution in [0.5, 0.6) is 0 Å². The molecule has 1 aromatic carbocycles. The van der Waals surface area contributed by atoms with Crippen molar-refractivity contribution in [2.24, 2.45) is 0 Å². The van der Waals surface area contributed by atoms with Gasteiger partial charge >= 0.3 is 0 Å². The Kier molecular flexibility index (Phi) is 5.02. The van der Waals surface area contributed by atoms with E-state index in [1.54, 1.807) is 0 Å². The summed E-state index contributed by atoms with van der Waals surface area (Å²) in [4.78, 5) is 0. The Morgan fingerprint density at radius 3 is 2.71 bits per heavy atom. The lowest BCUT2D eigenvalue weighted by Crippen LogP contribution is -2.29. The van der Waals surface area contributed by atoms with E-state index in [9.17, 15) is 0 Å². The minimum Gasteiger partial charge on any atom is -0.315 e. The lowest BCUT2D eigenvalue weighted by molar-refractivity contribution is 0.594. The molecular formula is C15H24N2. The molecule has 17 heavy (non-hydrogen) atoms. The second kappa shape index (κ2) is 6.77. The minimum absolute atomic E-state index is 0.837. The SMILES string of the molecule is Cc1ccccc1CCCNCCNC1CC1. The van der Waals surface area contributed by atoms with E-state index in [1.165, 1.54) is 36.8 Å². The maximum atomic E-state index is 3.51. The van der Waals surface area contributed by atoms with Crippen molar-refractivity contribution in [2.45, 2.75) is 38.6 Å². The van der Waals surface area contributed by atoms with Crippen LogP contribution in [0.3, 0.4) is 0 Å². The fourth-order valence-electron chi connectivity index (χ4n) is 2.07. The molecule has 2 nitrogen and oxygen atoms in total. The fraction of sp³-hybridized carbons (Fsp3) is 0.600. The van der Waals surface area contributed by atoms with Gasteiger partial charge in [0, 0.05) is 19.1 Å². The fourth-order valence-corrected chi connectivity index (χ4v) is 2.07. The van der Waals surface area contributed by atoms with E-state index in [2.05, 4.69) is 41.8 Å². The molecule has 0 heterocycles. The molecular weight excluding hydrogens is 208 g/mol. The summed E-state index contributed by atoms with van der Waals surface area (Å²) in [6, 6.07) is 9.52. The van der Waals surface area contributed by atoms with Crippen LogP contribution < -0.4 is 10.6 Å². The van der Waals surface area contributed by atoms with Gasteiger partial charge in [0.2, 0.25) is 0 Å². The number of nitrogens with one attached hydrogen (secondary N) is 2. The van der Waals surface area contributed by atoms with Crippen molar-refractivity contribution >= 4 is 0 Å². The number of rotatable bonds is 8. The first-order chi connectivity index (χ1) is 8.36. The molecule has 2 heteroatoms. The summed E-state index contributed by atoms with van der Waals surface area (Å²) < 4.78 is 0. The standard InChI is InChI=1S/C15H24N2/c1-13-5-2-3-6-14(13)7-4-10-16-11-12-17-15-8-9-15/h2-3,5-6,15-17H,4,7-12H2,1H3. The van der Waals surface area contributed by atoms with Gasteiger partial charge < -0.3 is 10.6 Å². The molecule has 94 valence electrons. The molecule has 0 amide bonds. The number of hydrogen-bond acceptors (Lipinski definition) is 2. The smallest absolute Gasteiger partial charge is 0.00793 e. The highest BCUT2D eigenvalue weighted by atomic mass is 15.0. The Bertz CT molecular complexity index is 331. The van der Waals surface area contributed by atoms with E-state index >= 15 is 0 Å². The topological polar surface area (TPSA) is 24.1 Å². The molecule has 0 aliphatic heterocycles. The summed E-state index contributed by atoms with van der Waals surface area (Å²) in [6.45, 7) is 5.54. The van der Waals surface area contributed by atoms with E-state index in [0.29, 0.717) is 0 Å². The Morgan fingerprint density at radius 1 is 1.12 bits per heavy atom. The van der Waals surface area contributed by atoms with Crippen molar-refractivity contribution in [3.8, 4) is 0 Å². The van der Waals surface area contributed by atoms with Crippen molar-refractivity contribution in [3.63, 3.8) is 0 Å². The number of benzene rings is 1. The van der Waals surface area contributed by atoms with Crippen LogP contribution in [-0.4, -0.2) is 25.7 Å². The zero-order valence-corrected chi connectivity index (χ0v) is 10.8. The highest BCUT2D eigenvalue weighted by molar-refractivity contribution is 5.25. The van der Waals surface area contributed by atoms with Gasteiger partial charge in [0.05, 0.1) is 0 Å². The van der Waals surface area contributed by atoms with Crippen LogP contribution in [0.1, 0.15) is 30.4 Å². The van der Waals surface area contributed by atoms with E-state index in [4.69, 9.17) is 0 Å². The van der Waals surface area contributed by atoms with E-state index in [0.717, 1.165) is 25.7 Å². The average molecular weight is 232 g/mol. The predicted octanol–water partition coefficient (Wildman–Crippen LogP) is 2.27. The first kappa shape index (κ1) is 12.6. The lowest BCUT2D eigenvalue weighted by Gasteiger charge is -2.07. The normalized spacial score (nSPS) is 15.1. The van der Waals surface area contributed by atoms with Crippen molar-refractivity contribution < 1.29 is 0 Å². The molecule has 1 saturated carbocycles. The highest BCUT2D eigenvalue weighted by Crippen LogP contribution is 2.17. The van der Waals surface area contributed by atoms with Gasteiger partial charge in [-0.1, -0.05) is 24.3 Å². The summed E-state index contributed by atoms with van der Waals surface area (Å²) in [7, 11) is 0. The van der Waals surface area contributed by atoms with Crippen LogP contribution in [-0.2, 0) is 6.42 Å². The molecule has 1 aliphatic rings. The maximum Gasteiger partial charge on any atom is 0.00793 e. The number of aryl methyl sites for hydroxylation is 2. The molecule has 1 aromatic rings. The zero-order chi connectivity index (χ0) is 11.9. The van der Waals surface area contributed by atoms with Gasteiger partial charge in [-0.05, 0) is 50.3 Å². The Labute approximate surface area is 105 Å². The van der Waals surface area contributed by atoms with Crippen LogP contribution in [0.25, 0.3) is 0 Å². The molecule has 0 radical (unpaired) electrons. The monoisotopic (exact) mass is 232 g/mol. The number of hydrogen-bond donors (Lipinski definition) is 2. The van der Waals surface area contributed by atoms with Crippen molar-refractivity contribution in [1.82, 2.24) is 10.6 Å². The summed E-state index contributed by atoms with van der Waals surface area (Å²) in [5, 5.41) is 7.01. The third-order valence-corrected chi connectivity index (χ3v) is 3.37. The van der Waals surface area contributed by atoms with Gasteiger partial charge in [-0.15, -0.1) is 0 Å². The summed E-state index contributed by atoms with van der Waals surface area (Å²) >= 11 is 0. The van der Waals surface area contributed by atoms with Crippen molar-refractivity contribution in [2.75, 3.05) is 19.6 Å². The molecule has 0 aromatic heterocycles. The maximum absolute atomic E-state index is 3.51. The minimum atomic E-state index is 0.837. The Morgan fingerprint density at radius 2 is 1.94 bits per heavy atom. The van der Waals surface area contributed by atoms with E-state index in [1.807, 2.05) is 0 Å². The average Bonchev–Trinajstić information content (AvgIpc) is 3.14. The van der Waals surface area contributed by atoms with Crippen molar-refractivity contribution in [1.29, 1.82) is 0 Å². The first-order valence-corrected chi connectivity index (χ1v) is 6.85.